The van der Waals surface area contributed by atoms with Crippen LogP contribution in [0.5, 0.6) is 5.75 Å². The number of nitrogens with zero attached hydrogens (tertiary/aromatic N) is 3. The molecule has 1 aliphatic heterocycles. The largest absolute Gasteiger partial charge is 0.488 e. The number of hydrogen-bond acceptors (Lipinski definition) is 5. The second-order valence-corrected chi connectivity index (χ2v) is 5.96. The minimum atomic E-state index is 0.109. The van der Waals surface area contributed by atoms with E-state index in [4.69, 9.17) is 20.9 Å². The van der Waals surface area contributed by atoms with Gasteiger partial charge in [-0.25, -0.2) is 0 Å². The summed E-state index contributed by atoms with van der Waals surface area (Å²) in [5.74, 6) is 1.80. The zero-order valence-corrected chi connectivity index (χ0v) is 12.9. The Morgan fingerprint density at radius 2 is 2.29 bits per heavy atom. The van der Waals surface area contributed by atoms with Crippen LogP contribution in [-0.2, 0) is 0 Å². The fourth-order valence-corrected chi connectivity index (χ4v) is 2.50. The van der Waals surface area contributed by atoms with E-state index in [1.807, 2.05) is 38.1 Å². The topological polar surface area (TPSA) is 51.4 Å². The van der Waals surface area contributed by atoms with Crippen LogP contribution in [0.15, 0.2) is 28.8 Å². The van der Waals surface area contributed by atoms with Crippen molar-refractivity contribution in [3.63, 3.8) is 0 Å². The monoisotopic (exact) mass is 307 g/mol. The summed E-state index contributed by atoms with van der Waals surface area (Å²) in [5.41, 5.74) is 0. The lowest BCUT2D eigenvalue weighted by atomic mass is 10.2. The minimum Gasteiger partial charge on any atom is -0.488 e. The van der Waals surface area contributed by atoms with E-state index in [2.05, 4.69) is 15.0 Å². The zero-order valence-electron chi connectivity index (χ0n) is 12.1. The maximum atomic E-state index is 5.96. The molecule has 0 saturated carbocycles. The molecule has 0 spiro atoms. The van der Waals surface area contributed by atoms with Gasteiger partial charge in [0, 0.05) is 23.9 Å². The fourth-order valence-electron chi connectivity index (χ4n) is 2.32. The Morgan fingerprint density at radius 1 is 1.43 bits per heavy atom. The molecule has 1 aromatic carbocycles. The number of anilines is 1. The Kier molecular flexibility index (Phi) is 4.01. The zero-order chi connectivity index (χ0) is 14.8. The summed E-state index contributed by atoms with van der Waals surface area (Å²) in [6, 6.07) is 8.04. The molecule has 1 atom stereocenters. The molecule has 112 valence electrons. The van der Waals surface area contributed by atoms with Crippen molar-refractivity contribution in [1.29, 1.82) is 0 Å². The Balaban J connectivity index is 1.62. The van der Waals surface area contributed by atoms with Crippen molar-refractivity contribution < 1.29 is 9.26 Å². The third-order valence-electron chi connectivity index (χ3n) is 3.46. The lowest BCUT2D eigenvalue weighted by Gasteiger charge is -2.15. The number of aromatic nitrogens is 2. The summed E-state index contributed by atoms with van der Waals surface area (Å²) in [6.07, 6.45) is 1.03. The van der Waals surface area contributed by atoms with Gasteiger partial charge in [-0.05, 0) is 18.2 Å². The molecule has 1 aromatic heterocycles. The van der Waals surface area contributed by atoms with E-state index in [1.54, 1.807) is 0 Å². The van der Waals surface area contributed by atoms with Gasteiger partial charge in [0.15, 0.2) is 5.82 Å². The van der Waals surface area contributed by atoms with Gasteiger partial charge >= 0.3 is 6.01 Å². The van der Waals surface area contributed by atoms with Crippen LogP contribution in [-0.4, -0.2) is 29.3 Å². The van der Waals surface area contributed by atoms with Crippen molar-refractivity contribution in [2.24, 2.45) is 0 Å². The molecule has 0 radical (unpaired) electrons. The van der Waals surface area contributed by atoms with E-state index >= 15 is 0 Å². The average molecular weight is 308 g/mol. The Labute approximate surface area is 128 Å². The molecule has 2 heterocycles. The standard InChI is InChI=1S/C15H18ClN3O2/c1-10(2)14-17-15(21-18-14)19-7-6-13(9-19)20-12-5-3-4-11(16)8-12/h3-5,8,10,13H,6-7,9H2,1-2H3. The summed E-state index contributed by atoms with van der Waals surface area (Å²) < 4.78 is 11.3. The summed E-state index contributed by atoms with van der Waals surface area (Å²) in [7, 11) is 0. The molecule has 1 unspecified atom stereocenters. The second kappa shape index (κ2) is 5.93. The lowest BCUT2D eigenvalue weighted by Crippen LogP contribution is -2.24. The van der Waals surface area contributed by atoms with Crippen molar-refractivity contribution in [3.05, 3.63) is 35.1 Å². The first kappa shape index (κ1) is 14.2. The first-order valence-corrected chi connectivity index (χ1v) is 7.50. The highest BCUT2D eigenvalue weighted by Gasteiger charge is 2.28. The quantitative estimate of drug-likeness (QED) is 0.865. The Morgan fingerprint density at radius 3 is 3.00 bits per heavy atom. The number of ether oxygens (including phenoxy) is 1. The molecule has 1 fully saturated rings. The van der Waals surface area contributed by atoms with Crippen LogP contribution >= 0.6 is 11.6 Å². The summed E-state index contributed by atoms with van der Waals surface area (Å²) in [6.45, 7) is 5.69. The van der Waals surface area contributed by atoms with E-state index in [0.717, 1.165) is 31.1 Å². The van der Waals surface area contributed by atoms with E-state index in [1.165, 1.54) is 0 Å². The van der Waals surface area contributed by atoms with Gasteiger partial charge in [0.1, 0.15) is 11.9 Å². The number of hydrogen-bond donors (Lipinski definition) is 0. The van der Waals surface area contributed by atoms with Gasteiger partial charge < -0.3 is 14.2 Å². The van der Waals surface area contributed by atoms with Crippen molar-refractivity contribution in [2.45, 2.75) is 32.3 Å². The number of halogens is 1. The summed E-state index contributed by atoms with van der Waals surface area (Å²) >= 11 is 5.96. The molecule has 1 aliphatic rings. The first-order valence-electron chi connectivity index (χ1n) is 7.12. The van der Waals surface area contributed by atoms with Crippen LogP contribution < -0.4 is 9.64 Å². The Bertz CT molecular complexity index is 614. The molecule has 5 nitrogen and oxygen atoms in total. The Hall–Kier alpha value is -1.75. The van der Waals surface area contributed by atoms with E-state index in [9.17, 15) is 0 Å². The van der Waals surface area contributed by atoms with E-state index in [0.29, 0.717) is 11.0 Å². The highest BCUT2D eigenvalue weighted by Crippen LogP contribution is 2.25. The number of benzene rings is 1. The first-order chi connectivity index (χ1) is 10.1. The van der Waals surface area contributed by atoms with Gasteiger partial charge in [-0.3, -0.25) is 0 Å². The van der Waals surface area contributed by atoms with Crippen molar-refractivity contribution in [3.8, 4) is 5.75 Å². The molecule has 21 heavy (non-hydrogen) atoms. The lowest BCUT2D eigenvalue weighted by molar-refractivity contribution is 0.224. The van der Waals surface area contributed by atoms with Gasteiger partial charge in [-0.2, -0.15) is 4.98 Å². The molecule has 0 aliphatic carbocycles. The SMILES string of the molecule is CC(C)c1noc(N2CCC(Oc3cccc(Cl)c3)C2)n1. The molecular formula is C15H18ClN3O2. The normalized spacial score (nSPS) is 18.5. The van der Waals surface area contributed by atoms with Crippen LogP contribution in [0.2, 0.25) is 5.02 Å². The molecule has 1 saturated heterocycles. The third-order valence-corrected chi connectivity index (χ3v) is 3.70. The molecule has 2 aromatic rings. The molecule has 3 rings (SSSR count). The fraction of sp³-hybridized carbons (Fsp3) is 0.467. The predicted molar refractivity (Wildman–Crippen MR) is 81.1 cm³/mol. The number of rotatable bonds is 4. The summed E-state index contributed by atoms with van der Waals surface area (Å²) in [5, 5.41) is 4.68. The maximum absolute atomic E-state index is 5.96. The van der Waals surface area contributed by atoms with Crippen molar-refractivity contribution in [1.82, 2.24) is 10.1 Å². The molecular weight excluding hydrogens is 290 g/mol. The van der Waals surface area contributed by atoms with Gasteiger partial charge in [0.05, 0.1) is 6.54 Å². The summed E-state index contributed by atoms with van der Waals surface area (Å²) in [4.78, 5) is 6.48. The molecule has 0 bridgehead atoms. The predicted octanol–water partition coefficient (Wildman–Crippen LogP) is 3.50. The van der Waals surface area contributed by atoms with E-state index < -0.39 is 0 Å². The van der Waals surface area contributed by atoms with Crippen LogP contribution in [0.25, 0.3) is 0 Å². The molecule has 0 N–H and O–H groups in total. The third kappa shape index (κ3) is 3.29. The smallest absolute Gasteiger partial charge is 0.324 e. The van der Waals surface area contributed by atoms with Crippen LogP contribution in [0.1, 0.15) is 32.0 Å². The highest BCUT2D eigenvalue weighted by molar-refractivity contribution is 6.30. The van der Waals surface area contributed by atoms with Gasteiger partial charge in [-0.1, -0.05) is 36.7 Å². The minimum absolute atomic E-state index is 0.109. The maximum Gasteiger partial charge on any atom is 0.324 e. The van der Waals surface area contributed by atoms with Crippen molar-refractivity contribution in [2.75, 3.05) is 18.0 Å². The van der Waals surface area contributed by atoms with Crippen LogP contribution in [0.4, 0.5) is 6.01 Å². The highest BCUT2D eigenvalue weighted by atomic mass is 35.5. The van der Waals surface area contributed by atoms with Gasteiger partial charge in [0.2, 0.25) is 0 Å². The van der Waals surface area contributed by atoms with Crippen molar-refractivity contribution >= 4 is 17.6 Å². The van der Waals surface area contributed by atoms with Gasteiger partial charge in [0.25, 0.3) is 0 Å². The van der Waals surface area contributed by atoms with Crippen LogP contribution in [0, 0.1) is 0 Å². The van der Waals surface area contributed by atoms with Crippen LogP contribution in [0.3, 0.4) is 0 Å². The van der Waals surface area contributed by atoms with Gasteiger partial charge in [-0.15, -0.1) is 0 Å². The average Bonchev–Trinajstić information content (AvgIpc) is 3.06. The molecule has 6 heteroatoms. The van der Waals surface area contributed by atoms with E-state index in [-0.39, 0.29) is 12.0 Å². The second-order valence-electron chi connectivity index (χ2n) is 5.52. The molecule has 0 amide bonds.